The summed E-state index contributed by atoms with van der Waals surface area (Å²) < 4.78 is 13.2. The zero-order valence-corrected chi connectivity index (χ0v) is 19.7. The third-order valence-corrected chi connectivity index (χ3v) is 11.2. The standard InChI is InChI=1S/C27H40O4/c1-15-5-10-27(30-14-15)16(2)24-22(31-27)13-20-23-19(7-9-26(20,24)4)25(3)8-6-18(28)11-17(25)12-21(23)29/h11,15-16,18-20,22-24,28H,5-10,12-14H2,1-4H3. The number of fused-ring (bicyclic) bond motifs is 7. The Morgan fingerprint density at radius 1 is 1.06 bits per heavy atom. The largest absolute Gasteiger partial charge is 0.389 e. The van der Waals surface area contributed by atoms with E-state index in [4.69, 9.17) is 9.47 Å². The third-order valence-electron chi connectivity index (χ3n) is 11.2. The van der Waals surface area contributed by atoms with Gasteiger partial charge in [0.2, 0.25) is 0 Å². The van der Waals surface area contributed by atoms with E-state index in [2.05, 4.69) is 27.7 Å². The minimum atomic E-state index is -0.384. The lowest BCUT2D eigenvalue weighted by Crippen LogP contribution is -2.55. The van der Waals surface area contributed by atoms with Crippen molar-refractivity contribution in [2.45, 2.75) is 97.1 Å². The van der Waals surface area contributed by atoms with Crippen LogP contribution in [0.4, 0.5) is 0 Å². The van der Waals surface area contributed by atoms with Crippen LogP contribution in [0.5, 0.6) is 0 Å². The van der Waals surface area contributed by atoms with Crippen molar-refractivity contribution in [2.75, 3.05) is 6.61 Å². The van der Waals surface area contributed by atoms with Crippen LogP contribution in [0.25, 0.3) is 0 Å². The molecule has 1 spiro atoms. The van der Waals surface area contributed by atoms with Crippen LogP contribution in [0.15, 0.2) is 11.6 Å². The highest BCUT2D eigenvalue weighted by atomic mass is 16.7. The van der Waals surface area contributed by atoms with Gasteiger partial charge in [0.25, 0.3) is 0 Å². The van der Waals surface area contributed by atoms with Gasteiger partial charge >= 0.3 is 0 Å². The van der Waals surface area contributed by atoms with E-state index in [-0.39, 0.29) is 34.7 Å². The van der Waals surface area contributed by atoms with Gasteiger partial charge in [-0.05, 0) is 73.0 Å². The van der Waals surface area contributed by atoms with Crippen LogP contribution >= 0.6 is 0 Å². The van der Waals surface area contributed by atoms with Crippen molar-refractivity contribution >= 4 is 5.78 Å². The number of Topliss-reactive ketones (excluding diaryl/α,β-unsaturated/α-hetero) is 1. The lowest BCUT2D eigenvalue weighted by Gasteiger charge is -2.58. The van der Waals surface area contributed by atoms with E-state index in [1.807, 2.05) is 6.08 Å². The van der Waals surface area contributed by atoms with Crippen molar-refractivity contribution in [2.24, 2.45) is 46.3 Å². The number of aliphatic hydroxyl groups is 1. The molecule has 0 bridgehead atoms. The van der Waals surface area contributed by atoms with Gasteiger partial charge in [-0.1, -0.05) is 39.3 Å². The van der Waals surface area contributed by atoms with E-state index in [1.54, 1.807) is 0 Å². The SMILES string of the molecule is CC1CCC2(OC1)OC1CC3C4C(=O)CC5=CC(O)CCC5(C)C4CCC3(C)C1C2C. The molecule has 31 heavy (non-hydrogen) atoms. The molecule has 4 nitrogen and oxygen atoms in total. The molecular weight excluding hydrogens is 388 g/mol. The Balaban J connectivity index is 1.31. The van der Waals surface area contributed by atoms with E-state index in [1.165, 1.54) is 18.4 Å². The Bertz CT molecular complexity index is 810. The summed E-state index contributed by atoms with van der Waals surface area (Å²) in [4.78, 5) is 13.6. The maximum absolute atomic E-state index is 13.6. The molecule has 6 rings (SSSR count). The highest BCUT2D eigenvalue weighted by molar-refractivity contribution is 5.86. The summed E-state index contributed by atoms with van der Waals surface area (Å²) in [5.41, 5.74) is 1.49. The summed E-state index contributed by atoms with van der Waals surface area (Å²) in [6, 6.07) is 0. The summed E-state index contributed by atoms with van der Waals surface area (Å²) >= 11 is 0. The number of rotatable bonds is 0. The highest BCUT2D eigenvalue weighted by Crippen LogP contribution is 2.70. The quantitative estimate of drug-likeness (QED) is 0.558. The fourth-order valence-electron chi connectivity index (χ4n) is 9.43. The van der Waals surface area contributed by atoms with Gasteiger partial charge in [0.05, 0.1) is 18.8 Å². The number of aliphatic hydroxyl groups excluding tert-OH is 1. The third kappa shape index (κ3) is 2.68. The van der Waals surface area contributed by atoms with Crippen LogP contribution in [0.1, 0.15) is 79.1 Å². The van der Waals surface area contributed by atoms with Gasteiger partial charge in [-0.3, -0.25) is 4.79 Å². The first-order valence-electron chi connectivity index (χ1n) is 12.9. The maximum atomic E-state index is 13.6. The fourth-order valence-corrected chi connectivity index (χ4v) is 9.43. The lowest BCUT2D eigenvalue weighted by molar-refractivity contribution is -0.272. The Hall–Kier alpha value is -0.710. The van der Waals surface area contributed by atoms with Crippen molar-refractivity contribution in [3.63, 3.8) is 0 Å². The van der Waals surface area contributed by atoms with Crippen LogP contribution in [-0.2, 0) is 14.3 Å². The van der Waals surface area contributed by atoms with Crippen molar-refractivity contribution in [1.82, 2.24) is 0 Å². The number of allylic oxidation sites excluding steroid dienone is 1. The van der Waals surface area contributed by atoms with Gasteiger partial charge in [-0.2, -0.15) is 0 Å². The topological polar surface area (TPSA) is 55.8 Å². The number of hydrogen-bond donors (Lipinski definition) is 1. The van der Waals surface area contributed by atoms with Crippen molar-refractivity contribution in [3.8, 4) is 0 Å². The molecule has 4 aliphatic carbocycles. The molecule has 11 atom stereocenters. The Morgan fingerprint density at radius 2 is 1.87 bits per heavy atom. The van der Waals surface area contributed by atoms with Crippen molar-refractivity contribution in [3.05, 3.63) is 11.6 Å². The summed E-state index contributed by atoms with van der Waals surface area (Å²) in [6.45, 7) is 10.3. The van der Waals surface area contributed by atoms with Crippen LogP contribution in [0, 0.1) is 46.3 Å². The van der Waals surface area contributed by atoms with E-state index in [0.717, 1.165) is 38.7 Å². The molecule has 6 aliphatic rings. The van der Waals surface area contributed by atoms with Gasteiger partial charge < -0.3 is 14.6 Å². The van der Waals surface area contributed by atoms with Crippen molar-refractivity contribution < 1.29 is 19.4 Å². The summed E-state index contributed by atoms with van der Waals surface area (Å²) in [6.07, 6.45) is 9.86. The molecule has 1 N–H and O–H groups in total. The monoisotopic (exact) mass is 428 g/mol. The number of hydrogen-bond acceptors (Lipinski definition) is 4. The Morgan fingerprint density at radius 3 is 2.61 bits per heavy atom. The second-order valence-corrected chi connectivity index (χ2v) is 12.6. The van der Waals surface area contributed by atoms with Crippen molar-refractivity contribution in [1.29, 1.82) is 0 Å². The summed E-state index contributed by atoms with van der Waals surface area (Å²) in [5.74, 6) is 2.59. The number of carbonyl (C=O) groups is 1. The molecule has 0 aromatic heterocycles. The molecule has 4 heteroatoms. The molecule has 2 saturated heterocycles. The van der Waals surface area contributed by atoms with E-state index < -0.39 is 0 Å². The second-order valence-electron chi connectivity index (χ2n) is 12.6. The number of ether oxygens (including phenoxy) is 2. The molecule has 0 amide bonds. The van der Waals surface area contributed by atoms with Gasteiger partial charge in [-0.15, -0.1) is 0 Å². The van der Waals surface area contributed by atoms with Gasteiger partial charge in [-0.25, -0.2) is 0 Å². The van der Waals surface area contributed by atoms with Crippen LogP contribution < -0.4 is 0 Å². The van der Waals surface area contributed by atoms with Crippen LogP contribution in [-0.4, -0.2) is 35.5 Å². The molecule has 5 fully saturated rings. The highest BCUT2D eigenvalue weighted by Gasteiger charge is 2.69. The smallest absolute Gasteiger partial charge is 0.171 e. The Labute approximate surface area is 187 Å². The Kier molecular flexibility index (Phi) is 4.49. The minimum absolute atomic E-state index is 0.0904. The van der Waals surface area contributed by atoms with Crippen LogP contribution in [0.2, 0.25) is 0 Å². The first-order chi connectivity index (χ1) is 14.7. The van der Waals surface area contributed by atoms with E-state index in [0.29, 0.717) is 41.8 Å². The second kappa shape index (κ2) is 6.67. The molecule has 3 saturated carbocycles. The first-order valence-corrected chi connectivity index (χ1v) is 12.9. The molecule has 0 aromatic carbocycles. The molecule has 0 radical (unpaired) electrons. The average Bonchev–Trinajstić information content (AvgIpc) is 3.16. The van der Waals surface area contributed by atoms with Gasteiger partial charge in [0, 0.05) is 24.7 Å². The molecular formula is C27H40O4. The summed E-state index contributed by atoms with van der Waals surface area (Å²) in [7, 11) is 0. The van der Waals surface area contributed by atoms with E-state index >= 15 is 0 Å². The number of ketones is 1. The number of carbonyl (C=O) groups excluding carboxylic acids is 1. The predicted octanol–water partition coefficient (Wildman–Crippen LogP) is 4.89. The molecule has 2 heterocycles. The minimum Gasteiger partial charge on any atom is -0.389 e. The zero-order valence-electron chi connectivity index (χ0n) is 19.7. The predicted molar refractivity (Wildman–Crippen MR) is 118 cm³/mol. The zero-order chi connectivity index (χ0) is 21.8. The maximum Gasteiger partial charge on any atom is 0.171 e. The molecule has 11 unspecified atom stereocenters. The first kappa shape index (κ1) is 20.9. The fraction of sp³-hybridized carbons (Fsp3) is 0.889. The van der Waals surface area contributed by atoms with Crippen LogP contribution in [0.3, 0.4) is 0 Å². The molecule has 2 aliphatic heterocycles. The lowest BCUT2D eigenvalue weighted by atomic mass is 9.46. The van der Waals surface area contributed by atoms with E-state index in [9.17, 15) is 9.90 Å². The summed E-state index contributed by atoms with van der Waals surface area (Å²) in [5, 5.41) is 10.2. The molecule has 172 valence electrons. The average molecular weight is 429 g/mol. The van der Waals surface area contributed by atoms with Gasteiger partial charge in [0.15, 0.2) is 5.79 Å². The normalized spacial score (nSPS) is 58.4. The van der Waals surface area contributed by atoms with Gasteiger partial charge in [0.1, 0.15) is 5.78 Å². The molecule has 0 aromatic rings.